The summed E-state index contributed by atoms with van der Waals surface area (Å²) in [6, 6.07) is 10.4. The van der Waals surface area contributed by atoms with Gasteiger partial charge in [-0.2, -0.15) is 13.2 Å². The van der Waals surface area contributed by atoms with Gasteiger partial charge in [0.05, 0.1) is 6.61 Å². The Morgan fingerprint density at radius 3 is 2.25 bits per heavy atom. The van der Waals surface area contributed by atoms with E-state index in [-0.39, 0.29) is 0 Å². The molecule has 152 valence electrons. The lowest BCUT2D eigenvalue weighted by Gasteiger charge is -2.30. The highest BCUT2D eigenvalue weighted by atomic mass is 19.4. The predicted octanol–water partition coefficient (Wildman–Crippen LogP) is 3.30. The largest absolute Gasteiger partial charge is 0.471 e. The quantitative estimate of drug-likeness (QED) is 0.759. The molecule has 2 aromatic carbocycles. The molecule has 0 radical (unpaired) electrons. The third kappa shape index (κ3) is 5.22. The Morgan fingerprint density at radius 2 is 1.68 bits per heavy atom. The van der Waals surface area contributed by atoms with E-state index in [1.54, 1.807) is 68.6 Å². The van der Waals surface area contributed by atoms with Crippen LogP contribution in [0.2, 0.25) is 0 Å². The van der Waals surface area contributed by atoms with Crippen LogP contribution in [0.1, 0.15) is 32.3 Å². The first kappa shape index (κ1) is 21.7. The fraction of sp³-hybridized carbons (Fsp3) is 0.400. The normalized spacial score (nSPS) is 14.4. The summed E-state index contributed by atoms with van der Waals surface area (Å²) in [6.07, 6.45) is -5.18. The summed E-state index contributed by atoms with van der Waals surface area (Å²) in [5.41, 5.74) is -0.559. The van der Waals surface area contributed by atoms with E-state index in [1.807, 2.05) is 0 Å². The molecule has 0 fully saturated rings. The van der Waals surface area contributed by atoms with Crippen LogP contribution in [0.4, 0.5) is 13.2 Å². The van der Waals surface area contributed by atoms with Crippen molar-refractivity contribution < 1.29 is 32.6 Å². The topological polar surface area (TPSA) is 75.6 Å². The summed E-state index contributed by atoms with van der Waals surface area (Å²) in [4.78, 5) is 24.2. The first-order valence-corrected chi connectivity index (χ1v) is 8.63. The van der Waals surface area contributed by atoms with E-state index in [0.29, 0.717) is 10.9 Å². The Labute approximate surface area is 160 Å². The van der Waals surface area contributed by atoms with Gasteiger partial charge in [0, 0.05) is 5.92 Å². The number of halogens is 3. The van der Waals surface area contributed by atoms with Gasteiger partial charge in [0.25, 0.3) is 0 Å². The van der Waals surface area contributed by atoms with Gasteiger partial charge in [0.2, 0.25) is 0 Å². The van der Waals surface area contributed by atoms with E-state index in [9.17, 15) is 27.9 Å². The Balaban J connectivity index is 2.51. The molecule has 0 bridgehead atoms. The van der Waals surface area contributed by atoms with Gasteiger partial charge >= 0.3 is 18.1 Å². The molecule has 0 spiro atoms. The number of benzene rings is 2. The van der Waals surface area contributed by atoms with Crippen LogP contribution < -0.4 is 5.32 Å². The van der Waals surface area contributed by atoms with Crippen molar-refractivity contribution in [2.45, 2.75) is 44.5 Å². The van der Waals surface area contributed by atoms with Crippen molar-refractivity contribution in [2.24, 2.45) is 0 Å². The van der Waals surface area contributed by atoms with Crippen LogP contribution in [0.3, 0.4) is 0 Å². The second-order valence-electron chi connectivity index (χ2n) is 7.34. The number of hydrogen-bond donors (Lipinski definition) is 2. The van der Waals surface area contributed by atoms with Gasteiger partial charge in [0.15, 0.2) is 0 Å². The number of aliphatic hydroxyl groups is 1. The summed E-state index contributed by atoms with van der Waals surface area (Å²) in [5.74, 6) is -4.47. The smallest absolute Gasteiger partial charge is 0.458 e. The van der Waals surface area contributed by atoms with E-state index in [4.69, 9.17) is 4.74 Å². The molecule has 8 heteroatoms. The lowest BCUT2D eigenvalue weighted by atomic mass is 9.88. The molecular formula is C20H22F3NO4. The maximum absolute atomic E-state index is 12.8. The van der Waals surface area contributed by atoms with Crippen molar-refractivity contribution in [2.75, 3.05) is 6.61 Å². The number of hydrogen-bond acceptors (Lipinski definition) is 4. The van der Waals surface area contributed by atoms with Gasteiger partial charge in [-0.05, 0) is 37.1 Å². The summed E-state index contributed by atoms with van der Waals surface area (Å²) in [5, 5.41) is 13.1. The molecule has 5 nitrogen and oxygen atoms in total. The zero-order valence-electron chi connectivity index (χ0n) is 15.7. The second kappa shape index (κ2) is 8.18. The summed E-state index contributed by atoms with van der Waals surface area (Å²) >= 11 is 0. The molecule has 0 aliphatic carbocycles. The SMILES string of the molecule is CC(C)(C)OC(=O)[C@H](NC(=O)C(F)(F)F)[C@@H](CO)c1cccc2ccccc12. The van der Waals surface area contributed by atoms with Crippen molar-refractivity contribution in [3.8, 4) is 0 Å². The zero-order chi connectivity index (χ0) is 21.1. The molecule has 2 rings (SSSR count). The molecule has 2 N–H and O–H groups in total. The Bertz CT molecular complexity index is 853. The van der Waals surface area contributed by atoms with E-state index >= 15 is 0 Å². The van der Waals surface area contributed by atoms with Crippen LogP contribution in [-0.2, 0) is 14.3 Å². The molecule has 1 amide bonds. The molecule has 0 aromatic heterocycles. The molecular weight excluding hydrogens is 375 g/mol. The van der Waals surface area contributed by atoms with Crippen LogP contribution in [0, 0.1) is 0 Å². The lowest BCUT2D eigenvalue weighted by Crippen LogP contribution is -2.52. The summed E-state index contributed by atoms with van der Waals surface area (Å²) in [7, 11) is 0. The maximum Gasteiger partial charge on any atom is 0.471 e. The molecule has 0 heterocycles. The molecule has 0 aliphatic rings. The van der Waals surface area contributed by atoms with Gasteiger partial charge in [-0.3, -0.25) is 4.79 Å². The number of nitrogens with one attached hydrogen (secondary N) is 1. The van der Waals surface area contributed by atoms with Crippen LogP contribution in [0.5, 0.6) is 0 Å². The minimum atomic E-state index is -5.18. The number of carbonyl (C=O) groups is 2. The fourth-order valence-electron chi connectivity index (χ4n) is 2.87. The minimum Gasteiger partial charge on any atom is -0.458 e. The Kier molecular flexibility index (Phi) is 6.34. The second-order valence-corrected chi connectivity index (χ2v) is 7.34. The third-order valence-electron chi connectivity index (χ3n) is 4.03. The molecule has 2 aromatic rings. The van der Waals surface area contributed by atoms with Crippen LogP contribution in [-0.4, -0.2) is 41.4 Å². The monoisotopic (exact) mass is 397 g/mol. The number of ether oxygens (including phenoxy) is 1. The number of rotatable bonds is 5. The number of carbonyl (C=O) groups excluding carboxylic acids is 2. The van der Waals surface area contributed by atoms with Gasteiger partial charge in [-0.15, -0.1) is 0 Å². The summed E-state index contributed by atoms with van der Waals surface area (Å²) < 4.78 is 43.6. The molecule has 0 aliphatic heterocycles. The van der Waals surface area contributed by atoms with Gasteiger partial charge < -0.3 is 15.2 Å². The van der Waals surface area contributed by atoms with E-state index < -0.39 is 42.2 Å². The Morgan fingerprint density at radius 1 is 1.07 bits per heavy atom. The minimum absolute atomic E-state index is 0.430. The molecule has 0 unspecified atom stereocenters. The lowest BCUT2D eigenvalue weighted by molar-refractivity contribution is -0.177. The average Bonchev–Trinajstić information content (AvgIpc) is 2.59. The number of esters is 1. The zero-order valence-corrected chi connectivity index (χ0v) is 15.7. The standard InChI is InChI=1S/C20H22F3NO4/c1-19(2,3)28-17(26)16(24-18(27)20(21,22)23)15(11-25)14-10-6-8-12-7-4-5-9-13(12)14/h4-10,15-16,25H,11H2,1-3H3,(H,24,27)/t15-,16+/m0/s1. The molecule has 0 saturated carbocycles. The van der Waals surface area contributed by atoms with Crippen LogP contribution in [0.25, 0.3) is 10.8 Å². The summed E-state index contributed by atoms with van der Waals surface area (Å²) in [6.45, 7) is 3.99. The van der Waals surface area contributed by atoms with Crippen molar-refractivity contribution >= 4 is 22.6 Å². The van der Waals surface area contributed by atoms with Gasteiger partial charge in [-0.1, -0.05) is 42.5 Å². The maximum atomic E-state index is 12.8. The third-order valence-corrected chi connectivity index (χ3v) is 4.03. The molecule has 28 heavy (non-hydrogen) atoms. The predicted molar refractivity (Wildman–Crippen MR) is 97.6 cm³/mol. The first-order valence-electron chi connectivity index (χ1n) is 8.63. The van der Waals surface area contributed by atoms with E-state index in [1.165, 1.54) is 0 Å². The first-order chi connectivity index (χ1) is 12.9. The van der Waals surface area contributed by atoms with Crippen LogP contribution >= 0.6 is 0 Å². The van der Waals surface area contributed by atoms with Crippen molar-refractivity contribution in [3.05, 3.63) is 48.0 Å². The highest BCUT2D eigenvalue weighted by Gasteiger charge is 2.44. The Hall–Kier alpha value is -2.61. The fourth-order valence-corrected chi connectivity index (χ4v) is 2.87. The number of amides is 1. The highest BCUT2D eigenvalue weighted by Crippen LogP contribution is 2.30. The molecule has 2 atom stereocenters. The van der Waals surface area contributed by atoms with E-state index in [2.05, 4.69) is 0 Å². The van der Waals surface area contributed by atoms with Gasteiger partial charge in [0.1, 0.15) is 11.6 Å². The van der Waals surface area contributed by atoms with Gasteiger partial charge in [-0.25, -0.2) is 4.79 Å². The van der Waals surface area contributed by atoms with Crippen molar-refractivity contribution in [1.82, 2.24) is 5.32 Å². The number of fused-ring (bicyclic) bond motifs is 1. The average molecular weight is 397 g/mol. The van der Waals surface area contributed by atoms with E-state index in [0.717, 1.165) is 5.39 Å². The molecule has 0 saturated heterocycles. The van der Waals surface area contributed by atoms with Crippen molar-refractivity contribution in [3.63, 3.8) is 0 Å². The number of aliphatic hydroxyl groups excluding tert-OH is 1. The highest BCUT2D eigenvalue weighted by molar-refractivity contribution is 5.90. The van der Waals surface area contributed by atoms with Crippen molar-refractivity contribution in [1.29, 1.82) is 0 Å². The number of alkyl halides is 3. The van der Waals surface area contributed by atoms with Crippen LogP contribution in [0.15, 0.2) is 42.5 Å².